The molecule has 0 aromatic heterocycles. The van der Waals surface area contributed by atoms with Crippen molar-refractivity contribution in [2.75, 3.05) is 13.2 Å². The zero-order chi connectivity index (χ0) is 33.0. The number of nitrogens with zero attached hydrogens (tertiary/aromatic N) is 1. The van der Waals surface area contributed by atoms with Crippen LogP contribution in [0.3, 0.4) is 0 Å². The van der Waals surface area contributed by atoms with Gasteiger partial charge in [0.05, 0.1) is 23.1 Å². The van der Waals surface area contributed by atoms with Crippen LogP contribution in [0, 0.1) is 6.92 Å². The number of unbranched alkanes of at least 4 members (excludes halogenated alkanes) is 16. The number of carbonyl (C=O) groups excluding carboxylic acids is 2. The van der Waals surface area contributed by atoms with Crippen molar-refractivity contribution < 1.29 is 22.2 Å². The first-order valence-electron chi connectivity index (χ1n) is 18.1. The van der Waals surface area contributed by atoms with E-state index in [0.29, 0.717) is 19.4 Å². The molecule has 1 atom stereocenters. The predicted molar refractivity (Wildman–Crippen MR) is 185 cm³/mol. The first kappa shape index (κ1) is 39.2. The average molecular weight is 649 g/mol. The van der Waals surface area contributed by atoms with E-state index < -0.39 is 21.7 Å². The van der Waals surface area contributed by atoms with Gasteiger partial charge in [0.2, 0.25) is 11.8 Å². The maximum atomic E-state index is 13.0. The van der Waals surface area contributed by atoms with Gasteiger partial charge in [-0.3, -0.25) is 13.8 Å². The molecule has 2 rings (SSSR count). The summed E-state index contributed by atoms with van der Waals surface area (Å²) in [5.41, 5.74) is 0.308. The number of likely N-dealkylation sites (tertiary alicyclic amines) is 1. The Morgan fingerprint density at radius 2 is 1.33 bits per heavy atom. The van der Waals surface area contributed by atoms with Gasteiger partial charge in [0.25, 0.3) is 10.1 Å². The van der Waals surface area contributed by atoms with Gasteiger partial charge in [-0.2, -0.15) is 8.42 Å². The van der Waals surface area contributed by atoms with E-state index in [1.54, 1.807) is 12.1 Å². The molecule has 1 unspecified atom stereocenters. The average Bonchev–Trinajstić information content (AvgIpc) is 3.45. The minimum atomic E-state index is -3.91. The van der Waals surface area contributed by atoms with E-state index in [-0.39, 0.29) is 29.7 Å². The molecular formula is C37H64N2O5S. The molecule has 1 fully saturated rings. The summed E-state index contributed by atoms with van der Waals surface area (Å²) in [7, 11) is -3.91. The van der Waals surface area contributed by atoms with Crippen LogP contribution >= 0.6 is 0 Å². The van der Waals surface area contributed by atoms with Crippen LogP contribution in [0.15, 0.2) is 29.2 Å². The number of hydrogen-bond donors (Lipinski definition) is 1. The monoisotopic (exact) mass is 648 g/mol. The Hall–Kier alpha value is -1.93. The molecule has 1 aromatic rings. The molecule has 7 nitrogen and oxygen atoms in total. The van der Waals surface area contributed by atoms with Crippen LogP contribution in [0.25, 0.3) is 0 Å². The topological polar surface area (TPSA) is 92.8 Å². The van der Waals surface area contributed by atoms with Crippen LogP contribution in [-0.4, -0.2) is 49.9 Å². The smallest absolute Gasteiger partial charge is 0.296 e. The van der Waals surface area contributed by atoms with E-state index in [1.165, 1.54) is 102 Å². The Morgan fingerprint density at radius 1 is 0.844 bits per heavy atom. The highest BCUT2D eigenvalue weighted by atomic mass is 32.2. The number of amides is 2. The molecule has 0 aliphatic carbocycles. The molecule has 0 spiro atoms. The van der Waals surface area contributed by atoms with Crippen molar-refractivity contribution in [2.24, 2.45) is 0 Å². The number of hydrogen-bond acceptors (Lipinski definition) is 5. The molecule has 1 aliphatic heterocycles. The molecule has 1 aliphatic rings. The number of nitrogens with one attached hydrogen (secondary N) is 1. The van der Waals surface area contributed by atoms with Gasteiger partial charge in [-0.05, 0) is 52.2 Å². The quantitative estimate of drug-likeness (QED) is 0.0799. The van der Waals surface area contributed by atoms with Gasteiger partial charge in [-0.25, -0.2) is 0 Å². The Kier molecular flexibility index (Phi) is 19.0. The highest BCUT2D eigenvalue weighted by Crippen LogP contribution is 2.28. The Labute approximate surface area is 275 Å². The number of rotatable bonds is 26. The summed E-state index contributed by atoms with van der Waals surface area (Å²) in [5.74, 6) is 0.0164. The Bertz CT molecular complexity index is 1070. The Morgan fingerprint density at radius 3 is 1.80 bits per heavy atom. The predicted octanol–water partition coefficient (Wildman–Crippen LogP) is 9.02. The number of aryl methyl sites for hydroxylation is 1. The molecule has 1 aromatic carbocycles. The van der Waals surface area contributed by atoms with Crippen LogP contribution in [0.4, 0.5) is 0 Å². The maximum Gasteiger partial charge on any atom is 0.296 e. The number of benzene rings is 1. The second-order valence-corrected chi connectivity index (χ2v) is 15.3. The summed E-state index contributed by atoms with van der Waals surface area (Å²) in [6.45, 7) is 8.63. The van der Waals surface area contributed by atoms with Crippen LogP contribution in [0.1, 0.15) is 161 Å². The van der Waals surface area contributed by atoms with Crippen LogP contribution in [-0.2, 0) is 23.9 Å². The van der Waals surface area contributed by atoms with E-state index in [4.69, 9.17) is 4.18 Å². The zero-order valence-electron chi connectivity index (χ0n) is 29.0. The lowest BCUT2D eigenvalue weighted by Crippen LogP contribution is -2.59. The van der Waals surface area contributed by atoms with E-state index in [9.17, 15) is 18.0 Å². The molecule has 1 N–H and O–H groups in total. The van der Waals surface area contributed by atoms with Gasteiger partial charge in [0.15, 0.2) is 0 Å². The van der Waals surface area contributed by atoms with Crippen LogP contribution < -0.4 is 5.32 Å². The molecule has 8 heteroatoms. The molecule has 1 saturated heterocycles. The third kappa shape index (κ3) is 15.5. The normalized spacial score (nSPS) is 14.7. The van der Waals surface area contributed by atoms with Crippen molar-refractivity contribution in [3.05, 3.63) is 29.8 Å². The summed E-state index contributed by atoms with van der Waals surface area (Å²) in [6.07, 6.45) is 24.0. The fourth-order valence-electron chi connectivity index (χ4n) is 6.37. The lowest BCUT2D eigenvalue weighted by atomic mass is 9.90. The summed E-state index contributed by atoms with van der Waals surface area (Å²) in [5, 5.41) is 3.14. The number of carbonyl (C=O) groups is 2. The fraction of sp³-hybridized carbons (Fsp3) is 0.784. The lowest BCUT2D eigenvalue weighted by Gasteiger charge is -2.42. The van der Waals surface area contributed by atoms with Crippen LogP contribution in [0.5, 0.6) is 0 Å². The van der Waals surface area contributed by atoms with Gasteiger partial charge >= 0.3 is 0 Å². The zero-order valence-corrected chi connectivity index (χ0v) is 29.9. The molecular weight excluding hydrogens is 584 g/mol. The summed E-state index contributed by atoms with van der Waals surface area (Å²) in [6, 6.07) is 6.12. The molecule has 1 heterocycles. The van der Waals surface area contributed by atoms with E-state index in [2.05, 4.69) is 12.2 Å². The molecule has 0 radical (unpaired) electrons. The first-order valence-corrected chi connectivity index (χ1v) is 19.5. The molecule has 258 valence electrons. The van der Waals surface area contributed by atoms with Crippen molar-refractivity contribution >= 4 is 21.9 Å². The summed E-state index contributed by atoms with van der Waals surface area (Å²) >= 11 is 0. The summed E-state index contributed by atoms with van der Waals surface area (Å²) < 4.78 is 30.8. The van der Waals surface area contributed by atoms with E-state index in [1.807, 2.05) is 25.7 Å². The van der Waals surface area contributed by atoms with Crippen molar-refractivity contribution in [3.63, 3.8) is 0 Å². The molecule has 0 saturated carbocycles. The van der Waals surface area contributed by atoms with Crippen molar-refractivity contribution in [1.29, 1.82) is 0 Å². The highest BCUT2D eigenvalue weighted by molar-refractivity contribution is 7.86. The fourth-order valence-corrected chi connectivity index (χ4v) is 7.29. The molecule has 2 amide bonds. The highest BCUT2D eigenvalue weighted by Gasteiger charge is 2.41. The SMILES string of the molecule is CCCCCCCCCCCCCCCCCCCC(=O)NC(CCOS(=O)(=O)c1ccc(C)cc1)C(C)(C)N1CCCC1=O. The van der Waals surface area contributed by atoms with Crippen molar-refractivity contribution in [3.8, 4) is 0 Å². The lowest BCUT2D eigenvalue weighted by molar-refractivity contribution is -0.135. The van der Waals surface area contributed by atoms with Crippen LogP contribution in [0.2, 0.25) is 0 Å². The molecule has 45 heavy (non-hydrogen) atoms. The minimum Gasteiger partial charge on any atom is -0.351 e. The van der Waals surface area contributed by atoms with Gasteiger partial charge in [0, 0.05) is 19.4 Å². The first-order chi connectivity index (χ1) is 21.6. The summed E-state index contributed by atoms with van der Waals surface area (Å²) in [4.78, 5) is 27.5. The molecule has 0 bridgehead atoms. The van der Waals surface area contributed by atoms with Gasteiger partial charge in [-0.15, -0.1) is 0 Å². The third-order valence-electron chi connectivity index (χ3n) is 9.42. The van der Waals surface area contributed by atoms with Gasteiger partial charge < -0.3 is 10.2 Å². The Balaban J connectivity index is 1.65. The third-order valence-corrected chi connectivity index (χ3v) is 10.7. The van der Waals surface area contributed by atoms with Crippen molar-refractivity contribution in [1.82, 2.24) is 10.2 Å². The van der Waals surface area contributed by atoms with Gasteiger partial charge in [-0.1, -0.05) is 127 Å². The standard InChI is InChI=1S/C37H64N2O5S/c1-5-6-7-8-9-10-11-12-13-14-15-16-17-18-19-20-21-23-35(40)38-34(37(3,4)39-30-22-24-36(39)41)29-31-44-45(42,43)33-27-25-32(2)26-28-33/h25-28,34H,5-24,29-31H2,1-4H3,(H,38,40). The van der Waals surface area contributed by atoms with E-state index in [0.717, 1.165) is 31.2 Å². The maximum absolute atomic E-state index is 13.0. The second kappa shape index (κ2) is 21.8. The van der Waals surface area contributed by atoms with Gasteiger partial charge in [0.1, 0.15) is 0 Å². The second-order valence-electron chi connectivity index (χ2n) is 13.7. The largest absolute Gasteiger partial charge is 0.351 e. The van der Waals surface area contributed by atoms with E-state index >= 15 is 0 Å². The minimum absolute atomic E-state index is 0.0536. The van der Waals surface area contributed by atoms with Crippen molar-refractivity contribution in [2.45, 2.75) is 179 Å².